The lowest BCUT2D eigenvalue weighted by molar-refractivity contribution is -0.146. The first-order valence-electron chi connectivity index (χ1n) is 4.81. The van der Waals surface area contributed by atoms with Crippen molar-refractivity contribution >= 4 is 24.3 Å². The van der Waals surface area contributed by atoms with Crippen LogP contribution < -0.4 is 11.1 Å². The van der Waals surface area contributed by atoms with Crippen LogP contribution in [-0.2, 0) is 14.3 Å². The van der Waals surface area contributed by atoms with Gasteiger partial charge in [-0.15, -0.1) is 12.4 Å². The molecular weight excluding hydrogens is 258 g/mol. The van der Waals surface area contributed by atoms with E-state index in [-0.39, 0.29) is 18.8 Å². The highest BCUT2D eigenvalue weighted by Gasteiger charge is 2.31. The Labute approximate surface area is 104 Å². The second kappa shape index (κ2) is 8.19. The Bertz CT molecular complexity index is 265. The van der Waals surface area contributed by atoms with Crippen LogP contribution in [0.1, 0.15) is 19.8 Å². The number of nitrogens with one attached hydrogen (secondary N) is 1. The Balaban J connectivity index is 0. The molecule has 8 heteroatoms. The number of alkyl halides is 2. The Hall–Kier alpha value is -0.950. The minimum Gasteiger partial charge on any atom is -0.467 e. The van der Waals surface area contributed by atoms with Crippen molar-refractivity contribution in [1.82, 2.24) is 5.32 Å². The summed E-state index contributed by atoms with van der Waals surface area (Å²) in [6.45, 7) is 0.721. The number of carbonyl (C=O) groups excluding carboxylic acids is 2. The van der Waals surface area contributed by atoms with Crippen LogP contribution in [0.15, 0.2) is 0 Å². The highest BCUT2D eigenvalue weighted by molar-refractivity contribution is 5.85. The van der Waals surface area contributed by atoms with Crippen LogP contribution in [0, 0.1) is 0 Å². The van der Waals surface area contributed by atoms with Gasteiger partial charge in [-0.3, -0.25) is 4.79 Å². The molecule has 0 aliphatic heterocycles. The lowest BCUT2D eigenvalue weighted by Crippen LogP contribution is -2.44. The van der Waals surface area contributed by atoms with Crippen molar-refractivity contribution < 1.29 is 23.1 Å². The van der Waals surface area contributed by atoms with Gasteiger partial charge in [-0.05, 0) is 6.42 Å². The predicted octanol–water partition coefficient (Wildman–Crippen LogP) is 0.460. The SMILES string of the molecule is CC[C@H](NC(=O)CC(F)(F)CN)C(=O)OC.Cl. The van der Waals surface area contributed by atoms with E-state index in [1.165, 1.54) is 0 Å². The molecule has 0 rings (SSSR count). The van der Waals surface area contributed by atoms with Crippen molar-refractivity contribution in [2.45, 2.75) is 31.7 Å². The fraction of sp³-hybridized carbons (Fsp3) is 0.778. The van der Waals surface area contributed by atoms with E-state index in [1.807, 2.05) is 0 Å². The first-order chi connectivity index (χ1) is 7.36. The van der Waals surface area contributed by atoms with Gasteiger partial charge in [-0.1, -0.05) is 6.92 Å². The summed E-state index contributed by atoms with van der Waals surface area (Å²) >= 11 is 0. The first-order valence-corrected chi connectivity index (χ1v) is 4.81. The van der Waals surface area contributed by atoms with E-state index in [4.69, 9.17) is 5.73 Å². The molecule has 0 saturated heterocycles. The number of halogens is 3. The molecular formula is C9H17ClF2N2O3. The van der Waals surface area contributed by atoms with Gasteiger partial charge in [0.1, 0.15) is 6.04 Å². The second-order valence-corrected chi connectivity index (χ2v) is 3.29. The van der Waals surface area contributed by atoms with Crippen molar-refractivity contribution in [1.29, 1.82) is 0 Å². The molecule has 0 fully saturated rings. The van der Waals surface area contributed by atoms with Crippen molar-refractivity contribution in [3.8, 4) is 0 Å². The molecule has 0 aromatic carbocycles. The van der Waals surface area contributed by atoms with Crippen LogP contribution in [0.2, 0.25) is 0 Å². The summed E-state index contributed by atoms with van der Waals surface area (Å²) in [7, 11) is 1.16. The zero-order valence-corrected chi connectivity index (χ0v) is 10.5. The minimum absolute atomic E-state index is 0. The topological polar surface area (TPSA) is 81.4 Å². The summed E-state index contributed by atoms with van der Waals surface area (Å²) in [5.41, 5.74) is 4.78. The molecule has 102 valence electrons. The first kappa shape index (κ1) is 18.4. The van der Waals surface area contributed by atoms with Crippen LogP contribution >= 0.6 is 12.4 Å². The van der Waals surface area contributed by atoms with Crippen LogP contribution in [0.4, 0.5) is 8.78 Å². The van der Waals surface area contributed by atoms with Crippen LogP contribution in [0.3, 0.4) is 0 Å². The van der Waals surface area contributed by atoms with E-state index >= 15 is 0 Å². The average molecular weight is 275 g/mol. The smallest absolute Gasteiger partial charge is 0.328 e. The summed E-state index contributed by atoms with van der Waals surface area (Å²) in [6.07, 6.45) is -0.760. The average Bonchev–Trinajstić information content (AvgIpc) is 2.24. The van der Waals surface area contributed by atoms with Crippen LogP contribution in [0.25, 0.3) is 0 Å². The Morgan fingerprint density at radius 1 is 1.47 bits per heavy atom. The molecule has 5 nitrogen and oxygen atoms in total. The number of nitrogens with two attached hydrogens (primary N) is 1. The minimum atomic E-state index is -3.25. The zero-order chi connectivity index (χ0) is 12.8. The van der Waals surface area contributed by atoms with E-state index in [0.29, 0.717) is 0 Å². The van der Waals surface area contributed by atoms with E-state index < -0.39 is 36.8 Å². The van der Waals surface area contributed by atoms with Gasteiger partial charge in [0.2, 0.25) is 5.91 Å². The standard InChI is InChI=1S/C9H16F2N2O3.ClH/c1-3-6(8(15)16-2)13-7(14)4-9(10,11)5-12;/h6H,3-5,12H2,1-2H3,(H,13,14);1H/t6-;/m0./s1. The molecule has 0 aliphatic carbocycles. The number of methoxy groups -OCH3 is 1. The van der Waals surface area contributed by atoms with Gasteiger partial charge in [-0.25, -0.2) is 13.6 Å². The highest BCUT2D eigenvalue weighted by Crippen LogP contribution is 2.16. The summed E-state index contributed by atoms with van der Waals surface area (Å²) in [5, 5.41) is 2.16. The summed E-state index contributed by atoms with van der Waals surface area (Å²) in [5.74, 6) is -4.84. The number of amides is 1. The largest absolute Gasteiger partial charge is 0.467 e. The summed E-state index contributed by atoms with van der Waals surface area (Å²) < 4.78 is 29.9. The number of hydrogen-bond donors (Lipinski definition) is 2. The van der Waals surface area contributed by atoms with Crippen molar-refractivity contribution in [2.24, 2.45) is 5.73 Å². The molecule has 0 bridgehead atoms. The third-order valence-corrected chi connectivity index (χ3v) is 1.95. The molecule has 0 aromatic heterocycles. The van der Waals surface area contributed by atoms with E-state index in [9.17, 15) is 18.4 Å². The molecule has 0 unspecified atom stereocenters. The maximum Gasteiger partial charge on any atom is 0.328 e. The molecule has 1 amide bonds. The number of ether oxygens (including phenoxy) is 1. The Morgan fingerprint density at radius 2 is 2.00 bits per heavy atom. The van der Waals surface area contributed by atoms with Crippen LogP contribution in [0.5, 0.6) is 0 Å². The lowest BCUT2D eigenvalue weighted by Gasteiger charge is -2.17. The van der Waals surface area contributed by atoms with Crippen molar-refractivity contribution in [3.63, 3.8) is 0 Å². The van der Waals surface area contributed by atoms with Gasteiger partial charge in [0, 0.05) is 0 Å². The van der Waals surface area contributed by atoms with Crippen LogP contribution in [-0.4, -0.2) is 37.5 Å². The fourth-order valence-corrected chi connectivity index (χ4v) is 1.02. The predicted molar refractivity (Wildman–Crippen MR) is 60.1 cm³/mol. The third-order valence-electron chi connectivity index (χ3n) is 1.95. The summed E-state index contributed by atoms with van der Waals surface area (Å²) in [4.78, 5) is 22.2. The van der Waals surface area contributed by atoms with E-state index in [0.717, 1.165) is 7.11 Å². The van der Waals surface area contributed by atoms with Crippen molar-refractivity contribution in [2.75, 3.05) is 13.7 Å². The van der Waals surface area contributed by atoms with Gasteiger partial charge < -0.3 is 15.8 Å². The molecule has 17 heavy (non-hydrogen) atoms. The normalized spacial score (nSPS) is 12.3. The molecule has 0 aliphatic rings. The van der Waals surface area contributed by atoms with E-state index in [1.54, 1.807) is 6.92 Å². The monoisotopic (exact) mass is 274 g/mol. The Kier molecular flexibility index (Phi) is 8.87. The lowest BCUT2D eigenvalue weighted by atomic mass is 10.2. The maximum absolute atomic E-state index is 12.7. The number of carbonyl (C=O) groups is 2. The molecule has 3 N–H and O–H groups in total. The molecule has 1 atom stereocenters. The van der Waals surface area contributed by atoms with Gasteiger partial charge in [0.05, 0.1) is 20.1 Å². The zero-order valence-electron chi connectivity index (χ0n) is 9.66. The second-order valence-electron chi connectivity index (χ2n) is 3.29. The maximum atomic E-state index is 12.7. The molecule has 0 radical (unpaired) electrons. The molecule has 0 heterocycles. The summed E-state index contributed by atoms with van der Waals surface area (Å²) in [6, 6.07) is -0.897. The fourth-order valence-electron chi connectivity index (χ4n) is 1.02. The van der Waals surface area contributed by atoms with Gasteiger partial charge in [0.25, 0.3) is 5.92 Å². The quantitative estimate of drug-likeness (QED) is 0.690. The molecule has 0 saturated carbocycles. The highest BCUT2D eigenvalue weighted by atomic mass is 35.5. The van der Waals surface area contributed by atoms with Crippen molar-refractivity contribution in [3.05, 3.63) is 0 Å². The van der Waals surface area contributed by atoms with Gasteiger partial charge in [-0.2, -0.15) is 0 Å². The third kappa shape index (κ3) is 7.06. The Morgan fingerprint density at radius 3 is 2.35 bits per heavy atom. The van der Waals surface area contributed by atoms with E-state index in [2.05, 4.69) is 10.1 Å². The molecule has 0 aromatic rings. The molecule has 0 spiro atoms. The van der Waals surface area contributed by atoms with Gasteiger partial charge in [0.15, 0.2) is 0 Å². The number of rotatable bonds is 6. The number of hydrogen-bond acceptors (Lipinski definition) is 4. The van der Waals surface area contributed by atoms with Gasteiger partial charge >= 0.3 is 5.97 Å². The number of esters is 1.